The molecule has 24 heavy (non-hydrogen) atoms. The Morgan fingerprint density at radius 3 is 3.00 bits per heavy atom. The van der Waals surface area contributed by atoms with Crippen LogP contribution >= 0.6 is 11.3 Å². The van der Waals surface area contributed by atoms with Gasteiger partial charge in [0.05, 0.1) is 28.4 Å². The lowest BCUT2D eigenvalue weighted by molar-refractivity contribution is 0.0513. The van der Waals surface area contributed by atoms with E-state index in [9.17, 15) is 4.79 Å². The van der Waals surface area contributed by atoms with Crippen molar-refractivity contribution in [3.8, 4) is 10.6 Å². The Morgan fingerprint density at radius 1 is 1.46 bits per heavy atom. The molecule has 2 aromatic rings. The van der Waals surface area contributed by atoms with E-state index in [0.717, 1.165) is 36.6 Å². The topological polar surface area (TPSA) is 61.5 Å². The Kier molecular flexibility index (Phi) is 5.65. The van der Waals surface area contributed by atoms with Crippen LogP contribution in [-0.4, -0.2) is 72.3 Å². The first kappa shape index (κ1) is 17.1. The highest BCUT2D eigenvalue weighted by Gasteiger charge is 2.26. The second-order valence-electron chi connectivity index (χ2n) is 6.33. The smallest absolute Gasteiger partial charge is 0.257 e. The maximum atomic E-state index is 13.1. The van der Waals surface area contributed by atoms with E-state index in [1.54, 1.807) is 17.5 Å². The molecule has 130 valence electrons. The van der Waals surface area contributed by atoms with E-state index in [4.69, 9.17) is 4.74 Å². The molecule has 1 amide bonds. The summed E-state index contributed by atoms with van der Waals surface area (Å²) < 4.78 is 5.73. The first-order valence-corrected chi connectivity index (χ1v) is 9.16. The summed E-state index contributed by atoms with van der Waals surface area (Å²) in [5.41, 5.74) is 1.44. The van der Waals surface area contributed by atoms with Gasteiger partial charge in [-0.15, -0.1) is 11.3 Å². The fraction of sp³-hybridized carbons (Fsp3) is 0.529. The Morgan fingerprint density at radius 2 is 2.33 bits per heavy atom. The van der Waals surface area contributed by atoms with Crippen LogP contribution in [0.5, 0.6) is 0 Å². The highest BCUT2D eigenvalue weighted by molar-refractivity contribution is 7.13. The predicted molar refractivity (Wildman–Crippen MR) is 95.3 cm³/mol. The molecule has 3 rings (SSSR count). The number of nitrogens with zero attached hydrogens (tertiary/aromatic N) is 3. The molecule has 3 heterocycles. The summed E-state index contributed by atoms with van der Waals surface area (Å²) in [7, 11) is 4.04. The first-order valence-electron chi connectivity index (χ1n) is 8.28. The minimum Gasteiger partial charge on any atom is -0.376 e. The normalized spacial score (nSPS) is 17.5. The minimum absolute atomic E-state index is 0.0181. The Hall–Kier alpha value is -1.70. The Bertz CT molecular complexity index is 647. The molecule has 1 saturated heterocycles. The molecule has 0 bridgehead atoms. The SMILES string of the molecule is CN(C)CCN(C[C@H]1CCCO1)C(=O)c1cn[nH]c1-c1cccs1. The number of ether oxygens (including phenoxy) is 1. The molecule has 0 spiro atoms. The second kappa shape index (κ2) is 7.92. The number of aromatic amines is 1. The van der Waals surface area contributed by atoms with Gasteiger partial charge < -0.3 is 14.5 Å². The van der Waals surface area contributed by atoms with E-state index in [-0.39, 0.29) is 12.0 Å². The van der Waals surface area contributed by atoms with Crippen molar-refractivity contribution >= 4 is 17.2 Å². The molecule has 0 unspecified atom stereocenters. The van der Waals surface area contributed by atoms with Crippen molar-refractivity contribution in [2.75, 3.05) is 40.3 Å². The van der Waals surface area contributed by atoms with Crippen LogP contribution in [0, 0.1) is 0 Å². The fourth-order valence-corrected chi connectivity index (χ4v) is 3.59. The third-order valence-corrected chi connectivity index (χ3v) is 5.08. The van der Waals surface area contributed by atoms with E-state index in [1.807, 2.05) is 36.5 Å². The maximum Gasteiger partial charge on any atom is 0.257 e. The van der Waals surface area contributed by atoms with Crippen molar-refractivity contribution in [2.45, 2.75) is 18.9 Å². The second-order valence-corrected chi connectivity index (χ2v) is 7.27. The quantitative estimate of drug-likeness (QED) is 0.834. The lowest BCUT2D eigenvalue weighted by Crippen LogP contribution is -2.41. The zero-order valence-electron chi connectivity index (χ0n) is 14.2. The van der Waals surface area contributed by atoms with Crippen molar-refractivity contribution in [3.05, 3.63) is 29.3 Å². The fourth-order valence-electron chi connectivity index (χ4n) is 2.86. The van der Waals surface area contributed by atoms with Gasteiger partial charge in [-0.25, -0.2) is 0 Å². The number of carbonyl (C=O) groups excluding carboxylic acids is 1. The molecule has 1 fully saturated rings. The molecule has 1 atom stereocenters. The van der Waals surface area contributed by atoms with Crippen LogP contribution in [0.1, 0.15) is 23.2 Å². The lowest BCUT2D eigenvalue weighted by Gasteiger charge is -2.26. The van der Waals surface area contributed by atoms with E-state index < -0.39 is 0 Å². The number of hydrogen-bond donors (Lipinski definition) is 1. The van der Waals surface area contributed by atoms with Gasteiger partial charge >= 0.3 is 0 Å². The predicted octanol–water partition coefficient (Wildman–Crippen LogP) is 2.32. The number of aromatic nitrogens is 2. The average molecular weight is 348 g/mol. The molecule has 1 aliphatic rings. The number of H-pyrrole nitrogens is 1. The Balaban J connectivity index is 1.78. The van der Waals surface area contributed by atoms with E-state index in [0.29, 0.717) is 18.7 Å². The van der Waals surface area contributed by atoms with Crippen LogP contribution in [0.25, 0.3) is 10.6 Å². The van der Waals surface area contributed by atoms with Gasteiger partial charge in [0.2, 0.25) is 0 Å². The third kappa shape index (κ3) is 4.03. The molecule has 2 aromatic heterocycles. The van der Waals surface area contributed by atoms with Gasteiger partial charge in [0.15, 0.2) is 0 Å². The van der Waals surface area contributed by atoms with Crippen LogP contribution in [0.15, 0.2) is 23.7 Å². The monoisotopic (exact) mass is 348 g/mol. The van der Waals surface area contributed by atoms with Crippen LogP contribution < -0.4 is 0 Å². The van der Waals surface area contributed by atoms with Crippen molar-refractivity contribution in [2.24, 2.45) is 0 Å². The van der Waals surface area contributed by atoms with E-state index >= 15 is 0 Å². The highest BCUT2D eigenvalue weighted by atomic mass is 32.1. The summed E-state index contributed by atoms with van der Waals surface area (Å²) in [6, 6.07) is 3.98. The number of likely N-dealkylation sites (N-methyl/N-ethyl adjacent to an activating group) is 1. The molecule has 6 nitrogen and oxygen atoms in total. The summed E-state index contributed by atoms with van der Waals surface area (Å²) >= 11 is 1.60. The zero-order chi connectivity index (χ0) is 16.9. The first-order chi connectivity index (χ1) is 11.6. The van der Waals surface area contributed by atoms with Gasteiger partial charge in [0.25, 0.3) is 5.91 Å². The number of rotatable bonds is 7. The number of hydrogen-bond acceptors (Lipinski definition) is 5. The maximum absolute atomic E-state index is 13.1. The van der Waals surface area contributed by atoms with E-state index in [1.165, 1.54) is 0 Å². The number of amides is 1. The van der Waals surface area contributed by atoms with Crippen molar-refractivity contribution in [3.63, 3.8) is 0 Å². The summed E-state index contributed by atoms with van der Waals surface area (Å²) in [4.78, 5) is 18.1. The summed E-state index contributed by atoms with van der Waals surface area (Å²) in [5, 5.41) is 9.08. The van der Waals surface area contributed by atoms with Gasteiger partial charge in [0.1, 0.15) is 0 Å². The standard InChI is InChI=1S/C17H24N4O2S/c1-20(2)7-8-21(12-13-5-3-9-23-13)17(22)14-11-18-19-16(14)15-6-4-10-24-15/h4,6,10-11,13H,3,5,7-9,12H2,1-2H3,(H,18,19)/t13-/m1/s1. The minimum atomic E-state index is 0.0181. The Labute approximate surface area is 146 Å². The van der Waals surface area contributed by atoms with Crippen LogP contribution in [0.4, 0.5) is 0 Å². The molecule has 0 aliphatic carbocycles. The van der Waals surface area contributed by atoms with Crippen LogP contribution in [-0.2, 0) is 4.74 Å². The van der Waals surface area contributed by atoms with Crippen LogP contribution in [0.2, 0.25) is 0 Å². The number of thiophene rings is 1. The summed E-state index contributed by atoms with van der Waals surface area (Å²) in [5.74, 6) is 0.0181. The molecular weight excluding hydrogens is 324 g/mol. The zero-order valence-corrected chi connectivity index (χ0v) is 15.0. The van der Waals surface area contributed by atoms with Gasteiger partial charge in [-0.1, -0.05) is 6.07 Å². The number of carbonyl (C=O) groups is 1. The van der Waals surface area contributed by atoms with Crippen molar-refractivity contribution in [1.29, 1.82) is 0 Å². The number of nitrogens with one attached hydrogen (secondary N) is 1. The van der Waals surface area contributed by atoms with Gasteiger partial charge in [0, 0.05) is 26.2 Å². The van der Waals surface area contributed by atoms with Crippen molar-refractivity contribution in [1.82, 2.24) is 20.0 Å². The largest absolute Gasteiger partial charge is 0.376 e. The molecule has 1 aliphatic heterocycles. The lowest BCUT2D eigenvalue weighted by atomic mass is 10.1. The van der Waals surface area contributed by atoms with Crippen LogP contribution in [0.3, 0.4) is 0 Å². The molecular formula is C17H24N4O2S. The molecule has 1 N–H and O–H groups in total. The molecule has 0 radical (unpaired) electrons. The third-order valence-electron chi connectivity index (χ3n) is 4.19. The van der Waals surface area contributed by atoms with Gasteiger partial charge in [-0.2, -0.15) is 5.10 Å². The molecule has 7 heteroatoms. The van der Waals surface area contributed by atoms with Crippen molar-refractivity contribution < 1.29 is 9.53 Å². The van der Waals surface area contributed by atoms with Gasteiger partial charge in [-0.05, 0) is 38.4 Å². The summed E-state index contributed by atoms with van der Waals surface area (Å²) in [6.07, 6.45) is 3.88. The molecule has 0 saturated carbocycles. The van der Waals surface area contributed by atoms with Gasteiger partial charge in [-0.3, -0.25) is 9.89 Å². The summed E-state index contributed by atoms with van der Waals surface area (Å²) in [6.45, 7) is 2.94. The van der Waals surface area contributed by atoms with E-state index in [2.05, 4.69) is 15.1 Å². The average Bonchev–Trinajstić information content (AvgIpc) is 3.32. The molecule has 0 aromatic carbocycles. The highest BCUT2D eigenvalue weighted by Crippen LogP contribution is 2.27.